The van der Waals surface area contributed by atoms with Gasteiger partial charge in [-0.15, -0.1) is 11.3 Å². The van der Waals surface area contributed by atoms with E-state index >= 15 is 0 Å². The monoisotopic (exact) mass is 266 g/mol. The smallest absolute Gasteiger partial charge is 0.345 e. The molecule has 98 valence electrons. The standard InChI is InChI=1S/C13H18N2O2S/c16-13(17)12-7-11(9-18-12)15-6-2-5-14-4-1-3-10(14)8-15/h7,9-10H,1-6,8H2,(H,16,17). The Labute approximate surface area is 111 Å². The zero-order valence-corrected chi connectivity index (χ0v) is 11.2. The van der Waals surface area contributed by atoms with E-state index in [1.807, 2.05) is 11.4 Å². The Balaban J connectivity index is 1.76. The van der Waals surface area contributed by atoms with Gasteiger partial charge in [0.05, 0.1) is 0 Å². The fraction of sp³-hybridized carbons (Fsp3) is 0.615. The third-order valence-electron chi connectivity index (χ3n) is 3.97. The number of thiophene rings is 1. The predicted molar refractivity (Wildman–Crippen MR) is 72.7 cm³/mol. The van der Waals surface area contributed by atoms with Gasteiger partial charge in [0.15, 0.2) is 0 Å². The molecule has 4 nitrogen and oxygen atoms in total. The zero-order chi connectivity index (χ0) is 12.5. The van der Waals surface area contributed by atoms with E-state index in [9.17, 15) is 4.79 Å². The molecule has 0 aliphatic carbocycles. The summed E-state index contributed by atoms with van der Waals surface area (Å²) in [4.78, 5) is 16.3. The average molecular weight is 266 g/mol. The van der Waals surface area contributed by atoms with Gasteiger partial charge in [0, 0.05) is 36.7 Å². The molecule has 0 aromatic carbocycles. The Morgan fingerprint density at radius 2 is 2.17 bits per heavy atom. The maximum Gasteiger partial charge on any atom is 0.345 e. The Bertz CT molecular complexity index is 446. The molecular weight excluding hydrogens is 248 g/mol. The van der Waals surface area contributed by atoms with Crippen molar-refractivity contribution in [3.63, 3.8) is 0 Å². The van der Waals surface area contributed by atoms with Crippen molar-refractivity contribution in [2.75, 3.05) is 31.1 Å². The normalized spacial score (nSPS) is 24.9. The van der Waals surface area contributed by atoms with Crippen LogP contribution in [0.25, 0.3) is 0 Å². The van der Waals surface area contributed by atoms with Gasteiger partial charge in [0.1, 0.15) is 4.88 Å². The molecule has 5 heteroatoms. The summed E-state index contributed by atoms with van der Waals surface area (Å²) in [6.07, 6.45) is 3.77. The van der Waals surface area contributed by atoms with E-state index in [1.54, 1.807) is 0 Å². The lowest BCUT2D eigenvalue weighted by Crippen LogP contribution is -2.36. The molecule has 1 atom stereocenters. The molecule has 2 aliphatic rings. The molecule has 1 N–H and O–H groups in total. The van der Waals surface area contributed by atoms with Crippen molar-refractivity contribution in [3.8, 4) is 0 Å². The fourth-order valence-corrected chi connectivity index (χ4v) is 3.80. The van der Waals surface area contributed by atoms with Crippen LogP contribution in [0.2, 0.25) is 0 Å². The summed E-state index contributed by atoms with van der Waals surface area (Å²) in [5, 5.41) is 11.0. The van der Waals surface area contributed by atoms with Crippen LogP contribution in [0.4, 0.5) is 5.69 Å². The lowest BCUT2D eigenvalue weighted by atomic mass is 10.2. The minimum atomic E-state index is -0.816. The van der Waals surface area contributed by atoms with E-state index in [1.165, 1.54) is 43.7 Å². The number of fused-ring (bicyclic) bond motifs is 1. The molecule has 3 rings (SSSR count). The highest BCUT2D eigenvalue weighted by atomic mass is 32.1. The van der Waals surface area contributed by atoms with Gasteiger partial charge in [-0.2, -0.15) is 0 Å². The van der Waals surface area contributed by atoms with Crippen LogP contribution < -0.4 is 4.90 Å². The number of hydrogen-bond acceptors (Lipinski definition) is 4. The second-order valence-electron chi connectivity index (χ2n) is 5.11. The van der Waals surface area contributed by atoms with E-state index < -0.39 is 5.97 Å². The number of rotatable bonds is 2. The van der Waals surface area contributed by atoms with Crippen molar-refractivity contribution in [1.82, 2.24) is 4.90 Å². The van der Waals surface area contributed by atoms with Crippen LogP contribution in [-0.4, -0.2) is 48.2 Å². The number of carboxylic acids is 1. The molecule has 2 saturated heterocycles. The predicted octanol–water partition coefficient (Wildman–Crippen LogP) is 2.12. The highest BCUT2D eigenvalue weighted by Gasteiger charge is 2.29. The van der Waals surface area contributed by atoms with Gasteiger partial charge in [0.2, 0.25) is 0 Å². The van der Waals surface area contributed by atoms with E-state index in [4.69, 9.17) is 5.11 Å². The first-order valence-electron chi connectivity index (χ1n) is 6.55. The zero-order valence-electron chi connectivity index (χ0n) is 10.3. The van der Waals surface area contributed by atoms with Crippen molar-refractivity contribution in [1.29, 1.82) is 0 Å². The van der Waals surface area contributed by atoms with Crippen LogP contribution in [-0.2, 0) is 0 Å². The molecule has 2 aliphatic heterocycles. The van der Waals surface area contributed by atoms with E-state index in [0.717, 1.165) is 18.8 Å². The number of carbonyl (C=O) groups is 1. The van der Waals surface area contributed by atoms with Gasteiger partial charge < -0.3 is 10.0 Å². The maximum absolute atomic E-state index is 10.9. The van der Waals surface area contributed by atoms with Crippen molar-refractivity contribution >= 4 is 23.0 Å². The van der Waals surface area contributed by atoms with Crippen LogP contribution >= 0.6 is 11.3 Å². The van der Waals surface area contributed by atoms with E-state index in [0.29, 0.717) is 10.9 Å². The Hall–Kier alpha value is -1.07. The van der Waals surface area contributed by atoms with E-state index in [2.05, 4.69) is 9.80 Å². The summed E-state index contributed by atoms with van der Waals surface area (Å²) in [5.41, 5.74) is 1.09. The number of carboxylic acid groups (broad SMARTS) is 1. The van der Waals surface area contributed by atoms with Gasteiger partial charge in [-0.25, -0.2) is 4.79 Å². The van der Waals surface area contributed by atoms with Crippen LogP contribution in [0.1, 0.15) is 28.9 Å². The molecule has 1 aromatic rings. The van der Waals surface area contributed by atoms with Crippen LogP contribution in [0.5, 0.6) is 0 Å². The number of nitrogens with zero attached hydrogens (tertiary/aromatic N) is 2. The molecule has 0 radical (unpaired) electrons. The minimum absolute atomic E-state index is 0.442. The topological polar surface area (TPSA) is 43.8 Å². The summed E-state index contributed by atoms with van der Waals surface area (Å²) in [6, 6.07) is 2.48. The SMILES string of the molecule is O=C(O)c1cc(N2CCCN3CCCC3C2)cs1. The fourth-order valence-electron chi connectivity index (χ4n) is 3.05. The summed E-state index contributed by atoms with van der Waals surface area (Å²) in [7, 11) is 0. The first-order chi connectivity index (χ1) is 8.74. The minimum Gasteiger partial charge on any atom is -0.477 e. The second-order valence-corrected chi connectivity index (χ2v) is 6.02. The highest BCUT2D eigenvalue weighted by molar-refractivity contribution is 7.12. The molecule has 18 heavy (non-hydrogen) atoms. The molecule has 0 saturated carbocycles. The maximum atomic E-state index is 10.9. The Morgan fingerprint density at radius 3 is 2.94 bits per heavy atom. The third-order valence-corrected chi connectivity index (χ3v) is 4.87. The van der Waals surface area contributed by atoms with E-state index in [-0.39, 0.29) is 0 Å². The van der Waals surface area contributed by atoms with Crippen molar-refractivity contribution < 1.29 is 9.90 Å². The second kappa shape index (κ2) is 4.90. The first kappa shape index (κ1) is 12.0. The van der Waals surface area contributed by atoms with Crippen molar-refractivity contribution in [3.05, 3.63) is 16.3 Å². The summed E-state index contributed by atoms with van der Waals surface area (Å²) in [5.74, 6) is -0.816. The lowest BCUT2D eigenvalue weighted by Gasteiger charge is -2.26. The molecule has 1 aromatic heterocycles. The van der Waals surface area contributed by atoms with Gasteiger partial charge in [-0.3, -0.25) is 4.90 Å². The van der Waals surface area contributed by atoms with Gasteiger partial charge >= 0.3 is 5.97 Å². The Kier molecular flexibility index (Phi) is 3.26. The molecular formula is C13H18N2O2S. The van der Waals surface area contributed by atoms with Gasteiger partial charge in [-0.1, -0.05) is 0 Å². The molecule has 0 amide bonds. The number of aromatic carboxylic acids is 1. The number of hydrogen-bond donors (Lipinski definition) is 1. The summed E-state index contributed by atoms with van der Waals surface area (Å²) >= 11 is 1.33. The van der Waals surface area contributed by atoms with Crippen LogP contribution in [0.3, 0.4) is 0 Å². The van der Waals surface area contributed by atoms with Gasteiger partial charge in [0.25, 0.3) is 0 Å². The van der Waals surface area contributed by atoms with Gasteiger partial charge in [-0.05, 0) is 31.9 Å². The number of anilines is 1. The largest absolute Gasteiger partial charge is 0.477 e. The third kappa shape index (κ3) is 2.24. The lowest BCUT2D eigenvalue weighted by molar-refractivity contribution is 0.0702. The molecule has 1 unspecified atom stereocenters. The summed E-state index contributed by atoms with van der Waals surface area (Å²) < 4.78 is 0. The van der Waals surface area contributed by atoms with Crippen molar-refractivity contribution in [2.24, 2.45) is 0 Å². The van der Waals surface area contributed by atoms with Crippen LogP contribution in [0, 0.1) is 0 Å². The Morgan fingerprint density at radius 1 is 1.33 bits per heavy atom. The van der Waals surface area contributed by atoms with Crippen LogP contribution in [0.15, 0.2) is 11.4 Å². The molecule has 3 heterocycles. The quantitative estimate of drug-likeness (QED) is 0.890. The first-order valence-corrected chi connectivity index (χ1v) is 7.43. The highest BCUT2D eigenvalue weighted by Crippen LogP contribution is 2.28. The molecule has 0 bridgehead atoms. The summed E-state index contributed by atoms with van der Waals surface area (Å²) in [6.45, 7) is 4.53. The molecule has 2 fully saturated rings. The molecule has 0 spiro atoms. The van der Waals surface area contributed by atoms with Crippen molar-refractivity contribution in [2.45, 2.75) is 25.3 Å². The average Bonchev–Trinajstić information content (AvgIpc) is 2.95.